The van der Waals surface area contributed by atoms with E-state index in [1.54, 1.807) is 11.3 Å². The van der Waals surface area contributed by atoms with Gasteiger partial charge in [0.1, 0.15) is 11.3 Å². The Hall–Kier alpha value is -2.02. The van der Waals surface area contributed by atoms with E-state index in [0.29, 0.717) is 11.8 Å². The van der Waals surface area contributed by atoms with Crippen LogP contribution in [0, 0.1) is 11.8 Å². The zero-order chi connectivity index (χ0) is 19.1. The van der Waals surface area contributed by atoms with Crippen molar-refractivity contribution >= 4 is 28.5 Å². The van der Waals surface area contributed by atoms with Crippen LogP contribution in [-0.4, -0.2) is 22.3 Å². The zero-order valence-electron chi connectivity index (χ0n) is 15.9. The smallest absolute Gasteiger partial charge is 0.261 e. The highest BCUT2D eigenvalue weighted by Crippen LogP contribution is 2.45. The molecule has 2 aromatic heterocycles. The van der Waals surface area contributed by atoms with E-state index in [1.165, 1.54) is 16.9 Å². The number of hydrogen-bond donors (Lipinski definition) is 1. The monoisotopic (exact) mass is 399 g/mol. The average molecular weight is 400 g/mol. The maximum absolute atomic E-state index is 13.0. The van der Waals surface area contributed by atoms with E-state index < -0.39 is 0 Å². The number of fused-ring (bicyclic) bond motifs is 1. The molecule has 28 heavy (non-hydrogen) atoms. The van der Waals surface area contributed by atoms with E-state index >= 15 is 0 Å². The number of amides is 1. The molecule has 3 aliphatic carbocycles. The number of hydrogen-bond acceptors (Lipinski definition) is 6. The molecule has 0 aliphatic heterocycles. The molecule has 2 aromatic rings. The number of carbonyl (C=O) groups is 2. The summed E-state index contributed by atoms with van der Waals surface area (Å²) in [5, 5.41) is 8.14. The first-order chi connectivity index (χ1) is 13.7. The number of rotatable bonds is 5. The fourth-order valence-corrected chi connectivity index (χ4v) is 5.86. The Morgan fingerprint density at radius 2 is 1.93 bits per heavy atom. The third-order valence-electron chi connectivity index (χ3n) is 6.34. The van der Waals surface area contributed by atoms with Crippen molar-refractivity contribution in [3.05, 3.63) is 16.3 Å². The molecule has 2 saturated carbocycles. The van der Waals surface area contributed by atoms with Crippen LogP contribution in [-0.2, 0) is 22.4 Å². The SMILES string of the molecule is O=CC1CCCCC1C(=O)Nc1sc2c(c1-c1nc(C3CC3)no1)CCCC2. The van der Waals surface area contributed by atoms with Crippen LogP contribution in [0.5, 0.6) is 0 Å². The minimum atomic E-state index is -0.233. The molecule has 5 rings (SSSR count). The van der Waals surface area contributed by atoms with Gasteiger partial charge in [-0.1, -0.05) is 18.0 Å². The second kappa shape index (κ2) is 7.43. The maximum Gasteiger partial charge on any atom is 0.261 e. The molecule has 7 heteroatoms. The molecule has 1 amide bonds. The molecule has 2 heterocycles. The lowest BCUT2D eigenvalue weighted by Crippen LogP contribution is -2.32. The number of thiophene rings is 1. The quantitative estimate of drug-likeness (QED) is 0.748. The maximum atomic E-state index is 13.0. The number of aromatic nitrogens is 2. The lowest BCUT2D eigenvalue weighted by Gasteiger charge is -2.26. The Bertz CT molecular complexity index is 899. The van der Waals surface area contributed by atoms with Gasteiger partial charge in [0.2, 0.25) is 5.91 Å². The van der Waals surface area contributed by atoms with Gasteiger partial charge in [0, 0.05) is 22.6 Å². The first-order valence-electron chi connectivity index (χ1n) is 10.5. The molecule has 0 saturated heterocycles. The molecule has 0 radical (unpaired) electrons. The Morgan fingerprint density at radius 1 is 1.11 bits per heavy atom. The van der Waals surface area contributed by atoms with Crippen LogP contribution in [0.1, 0.15) is 73.5 Å². The van der Waals surface area contributed by atoms with Gasteiger partial charge >= 0.3 is 0 Å². The molecule has 3 aliphatic rings. The number of nitrogens with one attached hydrogen (secondary N) is 1. The summed E-state index contributed by atoms with van der Waals surface area (Å²) < 4.78 is 5.62. The number of aryl methyl sites for hydroxylation is 1. The highest BCUT2D eigenvalue weighted by molar-refractivity contribution is 7.17. The van der Waals surface area contributed by atoms with E-state index in [9.17, 15) is 9.59 Å². The van der Waals surface area contributed by atoms with Crippen LogP contribution in [0.4, 0.5) is 5.00 Å². The van der Waals surface area contributed by atoms with E-state index in [-0.39, 0.29) is 17.7 Å². The van der Waals surface area contributed by atoms with Crippen LogP contribution in [0.2, 0.25) is 0 Å². The van der Waals surface area contributed by atoms with Crippen LogP contribution < -0.4 is 5.32 Å². The van der Waals surface area contributed by atoms with Crippen molar-refractivity contribution in [3.63, 3.8) is 0 Å². The molecule has 2 fully saturated rings. The van der Waals surface area contributed by atoms with E-state index in [1.807, 2.05) is 0 Å². The van der Waals surface area contributed by atoms with Gasteiger partial charge in [-0.15, -0.1) is 11.3 Å². The predicted molar refractivity (Wildman–Crippen MR) is 106 cm³/mol. The third-order valence-corrected chi connectivity index (χ3v) is 7.54. The largest absolute Gasteiger partial charge is 0.334 e. The average Bonchev–Trinajstić information content (AvgIpc) is 3.35. The minimum Gasteiger partial charge on any atom is -0.334 e. The standard InChI is InChI=1S/C21H25N3O3S/c25-11-13-5-1-2-6-14(13)19(26)23-21-17(15-7-3-4-8-16(15)28-21)20-22-18(24-27-20)12-9-10-12/h11-14H,1-10H2,(H,23,26). The first kappa shape index (κ1) is 18.0. The van der Waals surface area contributed by atoms with E-state index in [0.717, 1.165) is 80.5 Å². The molecular formula is C21H25N3O3S. The Morgan fingerprint density at radius 3 is 2.75 bits per heavy atom. The molecule has 2 atom stereocenters. The molecule has 0 spiro atoms. The van der Waals surface area contributed by atoms with Gasteiger partial charge in [-0.05, 0) is 56.9 Å². The van der Waals surface area contributed by atoms with Gasteiger partial charge in [-0.3, -0.25) is 4.79 Å². The molecular weight excluding hydrogens is 374 g/mol. The third kappa shape index (κ3) is 3.30. The molecule has 0 bridgehead atoms. The lowest BCUT2D eigenvalue weighted by atomic mass is 9.79. The van der Waals surface area contributed by atoms with E-state index in [4.69, 9.17) is 4.52 Å². The van der Waals surface area contributed by atoms with Gasteiger partial charge in [0.25, 0.3) is 5.89 Å². The van der Waals surface area contributed by atoms with Crippen LogP contribution >= 0.6 is 11.3 Å². The van der Waals surface area contributed by atoms with Crippen LogP contribution in [0.3, 0.4) is 0 Å². The zero-order valence-corrected chi connectivity index (χ0v) is 16.7. The summed E-state index contributed by atoms with van der Waals surface area (Å²) in [7, 11) is 0. The Balaban J connectivity index is 1.47. The van der Waals surface area contributed by atoms with Gasteiger partial charge in [-0.25, -0.2) is 0 Å². The second-order valence-electron chi connectivity index (χ2n) is 8.33. The topological polar surface area (TPSA) is 85.1 Å². The molecule has 1 N–H and O–H groups in total. The van der Waals surface area contributed by atoms with Gasteiger partial charge in [0.05, 0.1) is 5.56 Å². The summed E-state index contributed by atoms with van der Waals surface area (Å²) in [6.07, 6.45) is 11.2. The summed E-state index contributed by atoms with van der Waals surface area (Å²) in [6, 6.07) is 0. The molecule has 148 valence electrons. The van der Waals surface area contributed by atoms with E-state index in [2.05, 4.69) is 15.5 Å². The molecule has 6 nitrogen and oxygen atoms in total. The van der Waals surface area contributed by atoms with Crippen molar-refractivity contribution in [2.45, 2.75) is 70.1 Å². The highest BCUT2D eigenvalue weighted by atomic mass is 32.1. The Labute approximate surface area is 168 Å². The summed E-state index contributed by atoms with van der Waals surface area (Å²) >= 11 is 1.64. The summed E-state index contributed by atoms with van der Waals surface area (Å²) in [6.45, 7) is 0. The first-order valence-corrected chi connectivity index (χ1v) is 11.3. The number of nitrogens with zero attached hydrogens (tertiary/aromatic N) is 2. The van der Waals surface area contributed by atoms with Crippen LogP contribution in [0.15, 0.2) is 4.52 Å². The number of aldehydes is 1. The normalized spacial score (nSPS) is 24.6. The van der Waals surface area contributed by atoms with Crippen molar-refractivity contribution in [1.29, 1.82) is 0 Å². The number of carbonyl (C=O) groups excluding carboxylic acids is 2. The second-order valence-corrected chi connectivity index (χ2v) is 9.43. The fourth-order valence-electron chi connectivity index (χ4n) is 4.58. The van der Waals surface area contributed by atoms with Crippen molar-refractivity contribution in [2.75, 3.05) is 5.32 Å². The fraction of sp³-hybridized carbons (Fsp3) is 0.619. The summed E-state index contributed by atoms with van der Waals surface area (Å²) in [5.74, 6) is 1.31. The summed E-state index contributed by atoms with van der Waals surface area (Å²) in [5.41, 5.74) is 2.18. The highest BCUT2D eigenvalue weighted by Gasteiger charge is 2.34. The van der Waals surface area contributed by atoms with Crippen molar-refractivity contribution in [2.24, 2.45) is 11.8 Å². The van der Waals surface area contributed by atoms with Crippen LogP contribution in [0.25, 0.3) is 11.5 Å². The van der Waals surface area contributed by atoms with Gasteiger partial charge < -0.3 is 14.6 Å². The van der Waals surface area contributed by atoms with Crippen molar-refractivity contribution < 1.29 is 14.1 Å². The molecule has 0 aromatic carbocycles. The summed E-state index contributed by atoms with van der Waals surface area (Å²) in [4.78, 5) is 30.4. The predicted octanol–water partition coefficient (Wildman–Crippen LogP) is 4.50. The minimum absolute atomic E-state index is 0.0430. The lowest BCUT2D eigenvalue weighted by molar-refractivity contribution is -0.126. The molecule has 2 unspecified atom stereocenters. The van der Waals surface area contributed by atoms with Crippen molar-refractivity contribution in [1.82, 2.24) is 10.1 Å². The van der Waals surface area contributed by atoms with Gasteiger partial charge in [0.15, 0.2) is 5.82 Å². The number of anilines is 1. The van der Waals surface area contributed by atoms with Gasteiger partial charge in [-0.2, -0.15) is 4.98 Å². The Kier molecular flexibility index (Phi) is 4.78. The van der Waals surface area contributed by atoms with Crippen molar-refractivity contribution in [3.8, 4) is 11.5 Å².